The minimum atomic E-state index is -0.247. The molecule has 2 saturated heterocycles. The van der Waals surface area contributed by atoms with Crippen molar-refractivity contribution in [2.75, 3.05) is 50.2 Å². The summed E-state index contributed by atoms with van der Waals surface area (Å²) in [5.41, 5.74) is 8.52. The van der Waals surface area contributed by atoms with Crippen molar-refractivity contribution < 1.29 is 18.9 Å². The molecule has 2 N–H and O–H groups in total. The van der Waals surface area contributed by atoms with Crippen LogP contribution in [0.25, 0.3) is 43.6 Å². The third-order valence-corrected chi connectivity index (χ3v) is 9.96. The van der Waals surface area contributed by atoms with E-state index < -0.39 is 0 Å². The predicted octanol–water partition coefficient (Wildman–Crippen LogP) is 8.52. The second-order valence-corrected chi connectivity index (χ2v) is 13.7. The second-order valence-electron chi connectivity index (χ2n) is 13.7. The number of benzene rings is 4. The highest BCUT2D eigenvalue weighted by atomic mass is 16.7. The summed E-state index contributed by atoms with van der Waals surface area (Å²) in [6.07, 6.45) is 3.07. The summed E-state index contributed by atoms with van der Waals surface area (Å²) in [6.45, 7) is 8.21. The van der Waals surface area contributed by atoms with Gasteiger partial charge in [-0.2, -0.15) is 0 Å². The highest BCUT2D eigenvalue weighted by Gasteiger charge is 2.41. The largest absolute Gasteiger partial charge is 0.384 e. The molecule has 4 aromatic carbocycles. The number of ether oxygens (including phenoxy) is 4. The molecule has 49 heavy (non-hydrogen) atoms. The summed E-state index contributed by atoms with van der Waals surface area (Å²) >= 11 is 0. The molecular formula is C41H44N4O4. The van der Waals surface area contributed by atoms with Crippen molar-refractivity contribution >= 4 is 55.0 Å². The first-order chi connectivity index (χ1) is 24.1. The van der Waals surface area contributed by atoms with Crippen molar-refractivity contribution in [3.05, 3.63) is 96.1 Å². The molecule has 0 aliphatic carbocycles. The van der Waals surface area contributed by atoms with Gasteiger partial charge in [-0.25, -0.2) is 9.97 Å². The zero-order chi connectivity index (χ0) is 33.2. The van der Waals surface area contributed by atoms with Gasteiger partial charge < -0.3 is 29.6 Å². The maximum Gasteiger partial charge on any atom is 0.157 e. The van der Waals surface area contributed by atoms with Crippen molar-refractivity contribution in [1.29, 1.82) is 0 Å². The van der Waals surface area contributed by atoms with E-state index in [1.54, 1.807) is 0 Å². The van der Waals surface area contributed by atoms with Crippen molar-refractivity contribution in [1.82, 2.24) is 9.97 Å². The Morgan fingerprint density at radius 2 is 0.959 bits per heavy atom. The average Bonchev–Trinajstić information content (AvgIpc) is 3.13. The molecule has 2 aliphatic rings. The number of aromatic nitrogens is 2. The summed E-state index contributed by atoms with van der Waals surface area (Å²) in [7, 11) is 0. The van der Waals surface area contributed by atoms with Crippen LogP contribution in [0, 0.1) is 19.3 Å². The van der Waals surface area contributed by atoms with E-state index in [9.17, 15) is 0 Å². The average molecular weight is 657 g/mol. The molecule has 6 aromatic rings. The zero-order valence-electron chi connectivity index (χ0n) is 28.3. The zero-order valence-corrected chi connectivity index (χ0v) is 28.3. The highest BCUT2D eigenvalue weighted by Crippen LogP contribution is 2.35. The number of fused-ring (bicyclic) bond motifs is 4. The van der Waals surface area contributed by atoms with Gasteiger partial charge in [-0.15, -0.1) is 0 Å². The Kier molecular flexibility index (Phi) is 9.04. The molecule has 2 aliphatic heterocycles. The Labute approximate surface area is 287 Å². The van der Waals surface area contributed by atoms with Crippen LogP contribution < -0.4 is 10.6 Å². The molecule has 0 saturated carbocycles. The minimum absolute atomic E-state index is 0.214. The van der Waals surface area contributed by atoms with Crippen molar-refractivity contribution in [2.45, 2.75) is 52.1 Å². The molecule has 252 valence electrons. The van der Waals surface area contributed by atoms with Crippen LogP contribution in [0.1, 0.15) is 36.8 Å². The lowest BCUT2D eigenvalue weighted by Crippen LogP contribution is -2.52. The van der Waals surface area contributed by atoms with Gasteiger partial charge in [0.05, 0.1) is 65.3 Å². The monoisotopic (exact) mass is 656 g/mol. The first-order valence-electron chi connectivity index (χ1n) is 17.6. The quantitative estimate of drug-likeness (QED) is 0.112. The fourth-order valence-electron chi connectivity index (χ4n) is 7.22. The van der Waals surface area contributed by atoms with Crippen LogP contribution in [0.4, 0.5) is 11.4 Å². The van der Waals surface area contributed by atoms with Gasteiger partial charge in [0, 0.05) is 47.5 Å². The summed E-state index contributed by atoms with van der Waals surface area (Å²) in [4.78, 5) is 9.86. The molecule has 1 spiro atoms. The van der Waals surface area contributed by atoms with E-state index in [0.29, 0.717) is 26.4 Å². The van der Waals surface area contributed by atoms with Crippen LogP contribution in [-0.4, -0.2) is 62.1 Å². The predicted molar refractivity (Wildman–Crippen MR) is 197 cm³/mol. The number of aryl methyl sites for hydroxylation is 2. The van der Waals surface area contributed by atoms with Crippen molar-refractivity contribution in [3.8, 4) is 0 Å². The topological polar surface area (TPSA) is 86.8 Å². The molecule has 8 nitrogen and oxygen atoms in total. The van der Waals surface area contributed by atoms with Crippen LogP contribution in [-0.2, 0) is 18.9 Å². The number of hydrogen-bond acceptors (Lipinski definition) is 8. The number of nitrogens with zero attached hydrogens (tertiary/aromatic N) is 2. The molecule has 0 bridgehead atoms. The molecule has 8 rings (SSSR count). The summed E-state index contributed by atoms with van der Waals surface area (Å²) in [6, 6.07) is 29.4. The Bertz CT molecular complexity index is 1950. The van der Waals surface area contributed by atoms with E-state index in [2.05, 4.69) is 97.3 Å². The summed E-state index contributed by atoms with van der Waals surface area (Å²) < 4.78 is 24.8. The number of nitrogens with one attached hydrogen (secondary N) is 2. The Balaban J connectivity index is 0.789. The fraction of sp³-hybridized carbons (Fsp3) is 0.366. The van der Waals surface area contributed by atoms with Crippen LogP contribution in [0.2, 0.25) is 0 Å². The third kappa shape index (κ3) is 6.54. The smallest absolute Gasteiger partial charge is 0.157 e. The van der Waals surface area contributed by atoms with Crippen molar-refractivity contribution in [3.63, 3.8) is 0 Å². The molecule has 8 heteroatoms. The summed E-state index contributed by atoms with van der Waals surface area (Å²) in [5, 5.41) is 12.0. The number of hydrogen-bond donors (Lipinski definition) is 2. The lowest BCUT2D eigenvalue weighted by Gasteiger charge is -2.43. The molecule has 2 aromatic heterocycles. The van der Waals surface area contributed by atoms with Crippen LogP contribution in [0.3, 0.4) is 0 Å². The molecule has 0 amide bonds. The second kappa shape index (κ2) is 13.9. The van der Waals surface area contributed by atoms with Gasteiger partial charge >= 0.3 is 0 Å². The van der Waals surface area contributed by atoms with E-state index >= 15 is 0 Å². The van der Waals surface area contributed by atoms with Gasteiger partial charge in [-0.1, -0.05) is 72.8 Å². The minimum Gasteiger partial charge on any atom is -0.384 e. The third-order valence-electron chi connectivity index (χ3n) is 9.96. The van der Waals surface area contributed by atoms with E-state index in [0.717, 1.165) is 93.8 Å². The highest BCUT2D eigenvalue weighted by molar-refractivity contribution is 6.09. The summed E-state index contributed by atoms with van der Waals surface area (Å²) in [5.74, 6) is 0. The van der Waals surface area contributed by atoms with E-state index in [-0.39, 0.29) is 18.0 Å². The Morgan fingerprint density at radius 3 is 1.41 bits per heavy atom. The van der Waals surface area contributed by atoms with Crippen LogP contribution in [0.5, 0.6) is 0 Å². The number of para-hydroxylation sites is 4. The lowest BCUT2D eigenvalue weighted by atomic mass is 9.90. The molecule has 2 fully saturated rings. The fourth-order valence-corrected chi connectivity index (χ4v) is 7.22. The molecule has 0 unspecified atom stereocenters. The van der Waals surface area contributed by atoms with Gasteiger partial charge in [-0.05, 0) is 49.9 Å². The molecule has 0 radical (unpaired) electrons. The Hall–Kier alpha value is -4.34. The lowest BCUT2D eigenvalue weighted by molar-refractivity contribution is -0.304. The van der Waals surface area contributed by atoms with E-state index in [4.69, 9.17) is 28.9 Å². The van der Waals surface area contributed by atoms with Gasteiger partial charge in [0.25, 0.3) is 0 Å². The molecule has 0 atom stereocenters. The standard InChI is InChI=1S/C41H44N4O4/c1-27-11-7-15-31-37(27)44-33-17-5-3-13-29(33)39(31)42-21-9-19-35-46-23-41(24-47-35)25-48-36(49-26-41)20-10-22-43-40-30-14-4-6-18-34(30)45-38-28(2)12-8-16-32(38)40/h3-8,11-18,35-36H,9-10,19-26H2,1-2H3,(H,42,44)(H,43,45). The maximum atomic E-state index is 6.21. The normalized spacial score (nSPS) is 21.2. The van der Waals surface area contributed by atoms with Crippen LogP contribution in [0.15, 0.2) is 84.9 Å². The van der Waals surface area contributed by atoms with Gasteiger partial charge in [0.1, 0.15) is 0 Å². The number of anilines is 2. The van der Waals surface area contributed by atoms with E-state index in [1.165, 1.54) is 11.1 Å². The van der Waals surface area contributed by atoms with Crippen molar-refractivity contribution in [2.24, 2.45) is 5.41 Å². The van der Waals surface area contributed by atoms with Gasteiger partial charge in [0.2, 0.25) is 0 Å². The molecular weight excluding hydrogens is 612 g/mol. The van der Waals surface area contributed by atoms with E-state index in [1.807, 2.05) is 12.1 Å². The van der Waals surface area contributed by atoms with Gasteiger partial charge in [0.15, 0.2) is 12.6 Å². The number of pyridine rings is 2. The maximum absolute atomic E-state index is 6.21. The Morgan fingerprint density at radius 1 is 0.551 bits per heavy atom. The first-order valence-corrected chi connectivity index (χ1v) is 17.6. The molecule has 4 heterocycles. The van der Waals surface area contributed by atoms with Crippen LogP contribution >= 0.6 is 0 Å². The number of rotatable bonds is 10. The van der Waals surface area contributed by atoms with Gasteiger partial charge in [-0.3, -0.25) is 0 Å². The SMILES string of the molecule is Cc1cccc2c(NCCCC3OCC4(CO3)COC(CCCNc3c5ccccc5nc5c(C)cccc35)OC4)c3ccccc3nc12. The first kappa shape index (κ1) is 31.9.